The number of nitrogens with zero attached hydrogens (tertiary/aromatic N) is 1. The first-order valence-corrected chi connectivity index (χ1v) is 9.86. The Kier molecular flexibility index (Phi) is 4.19. The summed E-state index contributed by atoms with van der Waals surface area (Å²) in [6.07, 6.45) is 0. The number of hydrogen-bond acceptors (Lipinski definition) is 3. The van der Waals surface area contributed by atoms with Crippen molar-refractivity contribution in [3.05, 3.63) is 60.7 Å². The molecule has 0 saturated carbocycles. The van der Waals surface area contributed by atoms with Gasteiger partial charge in [-0.15, -0.1) is 0 Å². The SMILES string of the molecule is COc1ccc2c3ccc(OC)cc3n(-c3ccc(P(=O)(O)O)cc3)c2c1. The monoisotopic (exact) mass is 383 g/mol. The fourth-order valence-electron chi connectivity index (χ4n) is 3.31. The van der Waals surface area contributed by atoms with Crippen LogP contribution in [0.2, 0.25) is 0 Å². The average Bonchev–Trinajstić information content (AvgIpc) is 2.99. The number of methoxy groups -OCH3 is 2. The van der Waals surface area contributed by atoms with Crippen molar-refractivity contribution in [1.29, 1.82) is 0 Å². The molecule has 6 nitrogen and oxygen atoms in total. The van der Waals surface area contributed by atoms with Gasteiger partial charge < -0.3 is 23.8 Å². The maximum atomic E-state index is 11.5. The Morgan fingerprint density at radius 1 is 0.778 bits per heavy atom. The molecular formula is C20H18NO5P. The minimum absolute atomic E-state index is 0.0119. The molecule has 0 atom stereocenters. The molecule has 4 rings (SSSR count). The molecule has 0 aliphatic rings. The van der Waals surface area contributed by atoms with Crippen molar-refractivity contribution in [3.8, 4) is 17.2 Å². The summed E-state index contributed by atoms with van der Waals surface area (Å²) in [7, 11) is -1.05. The predicted octanol–water partition coefficient (Wildman–Crippen LogP) is 3.60. The Morgan fingerprint density at radius 2 is 1.26 bits per heavy atom. The molecule has 0 bridgehead atoms. The normalized spacial score (nSPS) is 11.9. The lowest BCUT2D eigenvalue weighted by Crippen LogP contribution is -2.04. The maximum Gasteiger partial charge on any atom is 0.356 e. The van der Waals surface area contributed by atoms with E-state index in [1.54, 1.807) is 26.4 Å². The molecule has 1 heterocycles. The van der Waals surface area contributed by atoms with Gasteiger partial charge in [-0.3, -0.25) is 4.57 Å². The van der Waals surface area contributed by atoms with Gasteiger partial charge in [0, 0.05) is 28.6 Å². The highest BCUT2D eigenvalue weighted by atomic mass is 31.2. The minimum atomic E-state index is -4.29. The Hall–Kier alpha value is -2.79. The summed E-state index contributed by atoms with van der Waals surface area (Å²) in [6, 6.07) is 18.0. The van der Waals surface area contributed by atoms with Crippen LogP contribution < -0.4 is 14.8 Å². The standard InChI is InChI=1S/C20H18NO5P/c1-25-14-5-9-17-18-10-6-15(26-2)12-20(18)21(19(17)11-14)13-3-7-16(8-4-13)27(22,23)24/h3-12H,1-2H3,(H2,22,23,24). The summed E-state index contributed by atoms with van der Waals surface area (Å²) in [6.45, 7) is 0. The predicted molar refractivity (Wildman–Crippen MR) is 106 cm³/mol. The van der Waals surface area contributed by atoms with Crippen LogP contribution in [0, 0.1) is 0 Å². The highest BCUT2D eigenvalue weighted by Gasteiger charge is 2.18. The van der Waals surface area contributed by atoms with E-state index in [2.05, 4.69) is 0 Å². The van der Waals surface area contributed by atoms with Crippen molar-refractivity contribution in [2.45, 2.75) is 0 Å². The highest BCUT2D eigenvalue weighted by molar-refractivity contribution is 7.60. The molecule has 0 unspecified atom stereocenters. The van der Waals surface area contributed by atoms with E-state index in [0.29, 0.717) is 0 Å². The van der Waals surface area contributed by atoms with Gasteiger partial charge in [-0.25, -0.2) is 0 Å². The van der Waals surface area contributed by atoms with Crippen molar-refractivity contribution in [3.63, 3.8) is 0 Å². The van der Waals surface area contributed by atoms with Gasteiger partial charge in [0.2, 0.25) is 0 Å². The van der Waals surface area contributed by atoms with Gasteiger partial charge in [0.15, 0.2) is 0 Å². The lowest BCUT2D eigenvalue weighted by atomic mass is 10.1. The lowest BCUT2D eigenvalue weighted by molar-refractivity contribution is 0.387. The van der Waals surface area contributed by atoms with Gasteiger partial charge in [-0.2, -0.15) is 0 Å². The molecule has 4 aromatic rings. The summed E-state index contributed by atoms with van der Waals surface area (Å²) in [5.74, 6) is 1.45. The number of benzene rings is 3. The maximum absolute atomic E-state index is 11.5. The zero-order chi connectivity index (χ0) is 19.2. The van der Waals surface area contributed by atoms with Crippen LogP contribution in [0.1, 0.15) is 0 Å². The Morgan fingerprint density at radius 3 is 1.67 bits per heavy atom. The second-order valence-electron chi connectivity index (χ2n) is 6.16. The van der Waals surface area contributed by atoms with Crippen molar-refractivity contribution in [2.75, 3.05) is 14.2 Å². The number of fused-ring (bicyclic) bond motifs is 3. The van der Waals surface area contributed by atoms with E-state index in [1.807, 2.05) is 41.0 Å². The van der Waals surface area contributed by atoms with Gasteiger partial charge in [-0.1, -0.05) is 0 Å². The molecule has 0 amide bonds. The van der Waals surface area contributed by atoms with Gasteiger partial charge in [0.25, 0.3) is 0 Å². The fourth-order valence-corrected chi connectivity index (χ4v) is 3.84. The van der Waals surface area contributed by atoms with E-state index in [1.165, 1.54) is 12.1 Å². The molecule has 0 radical (unpaired) electrons. The summed E-state index contributed by atoms with van der Waals surface area (Å²) in [4.78, 5) is 18.7. The van der Waals surface area contributed by atoms with E-state index in [4.69, 9.17) is 9.47 Å². The van der Waals surface area contributed by atoms with E-state index >= 15 is 0 Å². The molecule has 0 saturated heterocycles. The van der Waals surface area contributed by atoms with Crippen molar-refractivity contribution < 1.29 is 23.8 Å². The molecule has 0 fully saturated rings. The number of rotatable bonds is 4. The molecule has 138 valence electrons. The van der Waals surface area contributed by atoms with Gasteiger partial charge in [0.05, 0.1) is 30.6 Å². The highest BCUT2D eigenvalue weighted by Crippen LogP contribution is 2.37. The van der Waals surface area contributed by atoms with Crippen LogP contribution in [-0.4, -0.2) is 28.6 Å². The largest absolute Gasteiger partial charge is 0.497 e. The lowest BCUT2D eigenvalue weighted by Gasteiger charge is -2.11. The molecule has 3 aromatic carbocycles. The van der Waals surface area contributed by atoms with Crippen LogP contribution in [0.3, 0.4) is 0 Å². The van der Waals surface area contributed by atoms with E-state index < -0.39 is 7.60 Å². The van der Waals surface area contributed by atoms with Crippen molar-refractivity contribution in [2.24, 2.45) is 0 Å². The Labute approximate surface area is 155 Å². The van der Waals surface area contributed by atoms with Crippen LogP contribution in [0.5, 0.6) is 11.5 Å². The van der Waals surface area contributed by atoms with Crippen LogP contribution in [0.15, 0.2) is 60.7 Å². The van der Waals surface area contributed by atoms with Crippen molar-refractivity contribution in [1.82, 2.24) is 4.57 Å². The average molecular weight is 383 g/mol. The van der Waals surface area contributed by atoms with Crippen LogP contribution >= 0.6 is 7.60 Å². The molecule has 2 N–H and O–H groups in total. The van der Waals surface area contributed by atoms with E-state index in [-0.39, 0.29) is 5.30 Å². The molecule has 0 aliphatic carbocycles. The molecule has 0 aliphatic heterocycles. The third kappa shape index (κ3) is 2.98. The summed E-state index contributed by atoms with van der Waals surface area (Å²) < 4.78 is 24.3. The number of aromatic nitrogens is 1. The minimum Gasteiger partial charge on any atom is -0.497 e. The molecule has 0 spiro atoms. The van der Waals surface area contributed by atoms with Gasteiger partial charge in [0.1, 0.15) is 11.5 Å². The first-order valence-electron chi connectivity index (χ1n) is 8.25. The molecule has 7 heteroatoms. The summed E-state index contributed by atoms with van der Waals surface area (Å²) >= 11 is 0. The van der Waals surface area contributed by atoms with Gasteiger partial charge in [-0.05, 0) is 48.5 Å². The van der Waals surface area contributed by atoms with Gasteiger partial charge >= 0.3 is 7.60 Å². The third-order valence-electron chi connectivity index (χ3n) is 4.63. The van der Waals surface area contributed by atoms with Crippen molar-refractivity contribution >= 4 is 34.7 Å². The molecule has 1 aromatic heterocycles. The van der Waals surface area contributed by atoms with Crippen LogP contribution in [0.25, 0.3) is 27.5 Å². The molecule has 27 heavy (non-hydrogen) atoms. The fraction of sp³-hybridized carbons (Fsp3) is 0.100. The number of hydrogen-bond donors (Lipinski definition) is 2. The zero-order valence-electron chi connectivity index (χ0n) is 14.8. The zero-order valence-corrected chi connectivity index (χ0v) is 15.7. The second kappa shape index (κ2) is 6.43. The Bertz CT molecular complexity index is 1130. The van der Waals surface area contributed by atoms with Crippen LogP contribution in [-0.2, 0) is 4.57 Å². The quantitative estimate of drug-likeness (QED) is 0.526. The second-order valence-corrected chi connectivity index (χ2v) is 7.77. The van der Waals surface area contributed by atoms with E-state index in [0.717, 1.165) is 39.0 Å². The first-order chi connectivity index (χ1) is 12.9. The smallest absolute Gasteiger partial charge is 0.356 e. The number of ether oxygens (including phenoxy) is 2. The third-order valence-corrected chi connectivity index (χ3v) is 5.60. The summed E-state index contributed by atoms with van der Waals surface area (Å²) in [5.41, 5.74) is 2.65. The summed E-state index contributed by atoms with van der Waals surface area (Å²) in [5, 5.41) is 2.09. The Balaban J connectivity index is 2.05. The first kappa shape index (κ1) is 17.6. The topological polar surface area (TPSA) is 80.9 Å². The van der Waals surface area contributed by atoms with E-state index in [9.17, 15) is 14.4 Å². The van der Waals surface area contributed by atoms with Crippen LogP contribution in [0.4, 0.5) is 0 Å². The molecular weight excluding hydrogens is 365 g/mol.